The van der Waals surface area contributed by atoms with Crippen molar-refractivity contribution < 1.29 is 17.9 Å². The summed E-state index contributed by atoms with van der Waals surface area (Å²) >= 11 is 0. The normalized spacial score (nSPS) is 24.8. The monoisotopic (exact) mass is 302 g/mol. The number of rotatable bonds is 4. The molecule has 0 bridgehead atoms. The Hall–Kier alpha value is -1.11. The van der Waals surface area contributed by atoms with Crippen LogP contribution >= 0.6 is 0 Å². The fraction of sp³-hybridized carbons (Fsp3) is 0.600. The number of alkyl halides is 3. The van der Waals surface area contributed by atoms with Crippen molar-refractivity contribution in [2.75, 3.05) is 6.61 Å². The molecule has 1 aromatic carbocycles. The van der Waals surface area contributed by atoms with E-state index in [4.69, 9.17) is 10.6 Å². The number of ether oxygens (including phenoxy) is 1. The molecule has 2 atom stereocenters. The van der Waals surface area contributed by atoms with Crippen molar-refractivity contribution in [3.05, 3.63) is 35.4 Å². The van der Waals surface area contributed by atoms with Crippen molar-refractivity contribution in [2.45, 2.75) is 50.4 Å². The second-order valence-electron chi connectivity index (χ2n) is 5.74. The first-order chi connectivity index (χ1) is 9.85. The zero-order valence-electron chi connectivity index (χ0n) is 12.0. The van der Waals surface area contributed by atoms with Gasteiger partial charge in [-0.2, -0.15) is 13.2 Å². The van der Waals surface area contributed by atoms with Crippen LogP contribution in [0.2, 0.25) is 0 Å². The minimum absolute atomic E-state index is 0.221. The van der Waals surface area contributed by atoms with E-state index in [1.165, 1.54) is 12.1 Å². The van der Waals surface area contributed by atoms with Crippen LogP contribution in [-0.4, -0.2) is 18.2 Å². The molecule has 3 nitrogen and oxygen atoms in total. The number of benzene rings is 1. The van der Waals surface area contributed by atoms with Crippen LogP contribution in [0.5, 0.6) is 0 Å². The molecule has 1 heterocycles. The molecule has 0 aliphatic carbocycles. The van der Waals surface area contributed by atoms with E-state index < -0.39 is 17.3 Å². The quantitative estimate of drug-likeness (QED) is 0.664. The molecule has 1 saturated heterocycles. The van der Waals surface area contributed by atoms with Gasteiger partial charge in [0.15, 0.2) is 0 Å². The highest BCUT2D eigenvalue weighted by atomic mass is 19.4. The van der Waals surface area contributed by atoms with E-state index in [-0.39, 0.29) is 6.04 Å². The van der Waals surface area contributed by atoms with Crippen molar-refractivity contribution in [2.24, 2.45) is 5.84 Å². The van der Waals surface area contributed by atoms with Gasteiger partial charge in [0, 0.05) is 6.61 Å². The predicted octanol–water partition coefficient (Wildman–Crippen LogP) is 3.04. The second kappa shape index (κ2) is 6.34. The van der Waals surface area contributed by atoms with Gasteiger partial charge < -0.3 is 4.74 Å². The minimum Gasteiger partial charge on any atom is -0.374 e. The van der Waals surface area contributed by atoms with Crippen molar-refractivity contribution in [1.29, 1.82) is 0 Å². The first-order valence-corrected chi connectivity index (χ1v) is 7.11. The fourth-order valence-corrected chi connectivity index (χ4v) is 2.79. The lowest BCUT2D eigenvalue weighted by Gasteiger charge is -2.40. The average molecular weight is 302 g/mol. The van der Waals surface area contributed by atoms with E-state index in [0.717, 1.165) is 25.3 Å². The van der Waals surface area contributed by atoms with E-state index in [1.54, 1.807) is 6.07 Å². The Balaban J connectivity index is 2.15. The lowest BCUT2D eigenvalue weighted by atomic mass is 9.85. The van der Waals surface area contributed by atoms with Gasteiger partial charge in [0.05, 0.1) is 17.2 Å². The SMILES string of the molecule is CC1(C(Cc2cccc(C(F)(F)F)c2)NN)CCCCO1. The zero-order valence-corrected chi connectivity index (χ0v) is 12.0. The van der Waals surface area contributed by atoms with E-state index >= 15 is 0 Å². The lowest BCUT2D eigenvalue weighted by Crippen LogP contribution is -2.55. The fourth-order valence-electron chi connectivity index (χ4n) is 2.79. The summed E-state index contributed by atoms with van der Waals surface area (Å²) in [6.07, 6.45) is -1.03. The van der Waals surface area contributed by atoms with Crippen molar-refractivity contribution in [3.63, 3.8) is 0 Å². The van der Waals surface area contributed by atoms with Gasteiger partial charge in [-0.05, 0) is 44.2 Å². The molecule has 1 aliphatic heterocycles. The molecule has 2 rings (SSSR count). The van der Waals surface area contributed by atoms with E-state index in [2.05, 4.69) is 5.43 Å². The molecule has 1 aliphatic rings. The number of nitrogens with one attached hydrogen (secondary N) is 1. The molecule has 1 fully saturated rings. The van der Waals surface area contributed by atoms with Crippen LogP contribution < -0.4 is 11.3 Å². The van der Waals surface area contributed by atoms with Crippen LogP contribution in [0.3, 0.4) is 0 Å². The lowest BCUT2D eigenvalue weighted by molar-refractivity contribution is -0.137. The number of hydrogen-bond acceptors (Lipinski definition) is 3. The van der Waals surface area contributed by atoms with E-state index in [0.29, 0.717) is 18.6 Å². The molecular formula is C15H21F3N2O. The van der Waals surface area contributed by atoms with Crippen LogP contribution in [0.1, 0.15) is 37.3 Å². The standard InChI is InChI=1S/C15H21F3N2O/c1-14(7-2-3-8-21-14)13(20-19)10-11-5-4-6-12(9-11)15(16,17)18/h4-6,9,13,20H,2-3,7-8,10,19H2,1H3. The topological polar surface area (TPSA) is 47.3 Å². The summed E-state index contributed by atoms with van der Waals surface area (Å²) in [4.78, 5) is 0. The highest BCUT2D eigenvalue weighted by molar-refractivity contribution is 5.26. The Labute approximate surface area is 122 Å². The molecule has 1 aromatic rings. The van der Waals surface area contributed by atoms with Gasteiger partial charge in [-0.25, -0.2) is 0 Å². The van der Waals surface area contributed by atoms with Gasteiger partial charge in [0.1, 0.15) is 0 Å². The maximum Gasteiger partial charge on any atom is 0.416 e. The Morgan fingerprint density at radius 1 is 1.38 bits per heavy atom. The maximum atomic E-state index is 12.8. The summed E-state index contributed by atoms with van der Waals surface area (Å²) in [5.41, 5.74) is 2.24. The van der Waals surface area contributed by atoms with Gasteiger partial charge in [-0.15, -0.1) is 0 Å². The third kappa shape index (κ3) is 3.96. The Morgan fingerprint density at radius 2 is 2.14 bits per heavy atom. The summed E-state index contributed by atoms with van der Waals surface area (Å²) in [5, 5.41) is 0. The molecule has 3 N–H and O–H groups in total. The van der Waals surface area contributed by atoms with Crippen LogP contribution in [0.15, 0.2) is 24.3 Å². The van der Waals surface area contributed by atoms with E-state index in [1.807, 2.05) is 6.92 Å². The van der Waals surface area contributed by atoms with E-state index in [9.17, 15) is 13.2 Å². The van der Waals surface area contributed by atoms with Crippen molar-refractivity contribution in [3.8, 4) is 0 Å². The number of halogens is 3. The van der Waals surface area contributed by atoms with Gasteiger partial charge in [0.2, 0.25) is 0 Å². The second-order valence-corrected chi connectivity index (χ2v) is 5.74. The summed E-state index contributed by atoms with van der Waals surface area (Å²) in [6, 6.07) is 5.15. The summed E-state index contributed by atoms with van der Waals surface area (Å²) in [5.74, 6) is 5.61. The van der Waals surface area contributed by atoms with Gasteiger partial charge in [0.25, 0.3) is 0 Å². The number of nitrogens with two attached hydrogens (primary N) is 1. The third-order valence-corrected chi connectivity index (χ3v) is 4.13. The molecule has 0 amide bonds. The van der Waals surface area contributed by atoms with Crippen LogP contribution in [0.25, 0.3) is 0 Å². The summed E-state index contributed by atoms with van der Waals surface area (Å²) in [7, 11) is 0. The molecule has 0 aromatic heterocycles. The molecule has 118 valence electrons. The van der Waals surface area contributed by atoms with Gasteiger partial charge in [-0.3, -0.25) is 11.3 Å². The smallest absolute Gasteiger partial charge is 0.374 e. The molecule has 2 unspecified atom stereocenters. The first-order valence-electron chi connectivity index (χ1n) is 7.11. The highest BCUT2D eigenvalue weighted by Gasteiger charge is 2.37. The summed E-state index contributed by atoms with van der Waals surface area (Å²) in [6.45, 7) is 2.63. The Morgan fingerprint density at radius 3 is 2.71 bits per heavy atom. The molecule has 6 heteroatoms. The molecular weight excluding hydrogens is 281 g/mol. The predicted molar refractivity (Wildman–Crippen MR) is 74.5 cm³/mol. The Bertz CT molecular complexity index is 470. The first kappa shape index (κ1) is 16.3. The molecule has 0 radical (unpaired) electrons. The largest absolute Gasteiger partial charge is 0.416 e. The molecule has 21 heavy (non-hydrogen) atoms. The summed E-state index contributed by atoms with van der Waals surface area (Å²) < 4.78 is 44.1. The molecule has 0 saturated carbocycles. The Kier molecular flexibility index (Phi) is 4.91. The highest BCUT2D eigenvalue weighted by Crippen LogP contribution is 2.32. The zero-order chi connectivity index (χ0) is 15.5. The minimum atomic E-state index is -4.33. The average Bonchev–Trinajstić information content (AvgIpc) is 2.45. The van der Waals surface area contributed by atoms with Gasteiger partial charge >= 0.3 is 6.18 Å². The molecule has 0 spiro atoms. The van der Waals surface area contributed by atoms with Crippen LogP contribution in [-0.2, 0) is 17.3 Å². The number of hydrazine groups is 1. The maximum absolute atomic E-state index is 12.8. The number of hydrogen-bond donors (Lipinski definition) is 2. The third-order valence-electron chi connectivity index (χ3n) is 4.13. The van der Waals surface area contributed by atoms with Gasteiger partial charge in [-0.1, -0.05) is 18.2 Å². The van der Waals surface area contributed by atoms with Crippen LogP contribution in [0, 0.1) is 0 Å². The van der Waals surface area contributed by atoms with Crippen molar-refractivity contribution >= 4 is 0 Å². The van der Waals surface area contributed by atoms with Crippen LogP contribution in [0.4, 0.5) is 13.2 Å². The van der Waals surface area contributed by atoms with Crippen molar-refractivity contribution in [1.82, 2.24) is 5.43 Å².